The van der Waals surface area contributed by atoms with Gasteiger partial charge >= 0.3 is 0 Å². The molecule has 1 heterocycles. The van der Waals surface area contributed by atoms with E-state index >= 15 is 0 Å². The van der Waals surface area contributed by atoms with E-state index in [1.54, 1.807) is 0 Å². The number of para-hydroxylation sites is 1. The first-order valence-electron chi connectivity index (χ1n) is 6.58. The van der Waals surface area contributed by atoms with Crippen molar-refractivity contribution in [1.29, 1.82) is 0 Å². The third-order valence-corrected chi connectivity index (χ3v) is 3.70. The Morgan fingerprint density at radius 3 is 2.79 bits per heavy atom. The van der Waals surface area contributed by atoms with E-state index < -0.39 is 0 Å². The molecule has 0 aromatic heterocycles. The summed E-state index contributed by atoms with van der Waals surface area (Å²) in [5.41, 5.74) is 9.66. The molecule has 0 atom stereocenters. The van der Waals surface area contributed by atoms with Crippen LogP contribution in [0.25, 0.3) is 0 Å². The molecule has 3 rings (SSSR count). The molecule has 3 heteroatoms. The maximum atomic E-state index is 14.0. The van der Waals surface area contributed by atoms with Gasteiger partial charge in [0.1, 0.15) is 5.82 Å². The lowest BCUT2D eigenvalue weighted by Crippen LogP contribution is -2.20. The van der Waals surface area contributed by atoms with Crippen LogP contribution in [-0.2, 0) is 19.5 Å². The number of nitrogens with two attached hydrogens (primary N) is 1. The Bertz CT molecular complexity index is 595. The lowest BCUT2D eigenvalue weighted by atomic mass is 10.1. The maximum absolute atomic E-state index is 14.0. The molecule has 98 valence electrons. The van der Waals surface area contributed by atoms with Crippen LogP contribution in [0.3, 0.4) is 0 Å². The molecule has 2 aromatic carbocycles. The van der Waals surface area contributed by atoms with E-state index in [1.807, 2.05) is 18.2 Å². The first kappa shape index (κ1) is 12.2. The zero-order valence-electron chi connectivity index (χ0n) is 10.8. The number of nitrogens with zero attached hydrogens (tertiary/aromatic N) is 1. The van der Waals surface area contributed by atoms with Crippen molar-refractivity contribution in [2.75, 3.05) is 11.4 Å². The summed E-state index contributed by atoms with van der Waals surface area (Å²) in [5, 5.41) is 0. The van der Waals surface area contributed by atoms with E-state index in [4.69, 9.17) is 5.73 Å². The van der Waals surface area contributed by atoms with Crippen LogP contribution in [0.2, 0.25) is 0 Å². The maximum Gasteiger partial charge on any atom is 0.128 e. The molecule has 1 aliphatic heterocycles. The van der Waals surface area contributed by atoms with Crippen molar-refractivity contribution in [3.8, 4) is 0 Å². The summed E-state index contributed by atoms with van der Waals surface area (Å²) in [6, 6.07) is 13.6. The van der Waals surface area contributed by atoms with Crippen molar-refractivity contribution < 1.29 is 4.39 Å². The van der Waals surface area contributed by atoms with Crippen LogP contribution in [0.5, 0.6) is 0 Å². The van der Waals surface area contributed by atoms with Gasteiger partial charge < -0.3 is 10.6 Å². The average Bonchev–Trinajstić information content (AvgIpc) is 2.84. The van der Waals surface area contributed by atoms with Gasteiger partial charge in [0.15, 0.2) is 0 Å². The molecule has 0 fully saturated rings. The normalized spacial score (nSPS) is 13.7. The number of fused-ring (bicyclic) bond motifs is 1. The fraction of sp³-hybridized carbons (Fsp3) is 0.250. The summed E-state index contributed by atoms with van der Waals surface area (Å²) < 4.78 is 14.0. The fourth-order valence-corrected chi connectivity index (χ4v) is 2.62. The fourth-order valence-electron chi connectivity index (χ4n) is 2.62. The summed E-state index contributed by atoms with van der Waals surface area (Å²) in [5.74, 6) is -0.160. The van der Waals surface area contributed by atoms with Gasteiger partial charge in [0.2, 0.25) is 0 Å². The molecule has 0 saturated heterocycles. The first-order valence-corrected chi connectivity index (χ1v) is 6.58. The predicted octanol–water partition coefficient (Wildman–Crippen LogP) is 2.85. The highest BCUT2D eigenvalue weighted by Crippen LogP contribution is 2.29. The Morgan fingerprint density at radius 2 is 2.00 bits per heavy atom. The number of hydrogen-bond acceptors (Lipinski definition) is 2. The van der Waals surface area contributed by atoms with Crippen molar-refractivity contribution in [3.05, 3.63) is 65.0 Å². The van der Waals surface area contributed by atoms with Gasteiger partial charge in [0, 0.05) is 30.9 Å². The van der Waals surface area contributed by atoms with Gasteiger partial charge in [-0.25, -0.2) is 4.39 Å². The Balaban J connectivity index is 1.83. The van der Waals surface area contributed by atoms with Crippen LogP contribution < -0.4 is 10.6 Å². The Hall–Kier alpha value is -1.87. The summed E-state index contributed by atoms with van der Waals surface area (Å²) in [6.45, 7) is 1.95. The molecule has 0 unspecified atom stereocenters. The molecule has 0 spiro atoms. The molecule has 0 aliphatic carbocycles. The number of anilines is 1. The van der Waals surface area contributed by atoms with E-state index in [1.165, 1.54) is 17.3 Å². The lowest BCUT2D eigenvalue weighted by molar-refractivity contribution is 0.603. The predicted molar refractivity (Wildman–Crippen MR) is 75.5 cm³/mol. The highest BCUT2D eigenvalue weighted by atomic mass is 19.1. The van der Waals surface area contributed by atoms with Crippen LogP contribution in [0.15, 0.2) is 42.5 Å². The van der Waals surface area contributed by atoms with Gasteiger partial charge in [-0.2, -0.15) is 0 Å². The number of hydrogen-bond donors (Lipinski definition) is 1. The summed E-state index contributed by atoms with van der Waals surface area (Å²) in [6.07, 6.45) is 1.04. The molecule has 0 radical (unpaired) electrons. The molecule has 0 bridgehead atoms. The van der Waals surface area contributed by atoms with Gasteiger partial charge in [-0.15, -0.1) is 0 Å². The lowest BCUT2D eigenvalue weighted by Gasteiger charge is -2.20. The highest BCUT2D eigenvalue weighted by molar-refractivity contribution is 5.58. The second kappa shape index (κ2) is 5.02. The molecule has 19 heavy (non-hydrogen) atoms. The van der Waals surface area contributed by atoms with Crippen molar-refractivity contribution in [2.45, 2.75) is 19.5 Å². The minimum Gasteiger partial charge on any atom is -0.367 e. The van der Waals surface area contributed by atoms with Crippen LogP contribution in [-0.4, -0.2) is 6.54 Å². The standard InChI is InChI=1S/C16H17FN2/c17-15-9-12(10-18)5-6-14(15)11-19-8-7-13-3-1-2-4-16(13)19/h1-6,9H,7-8,10-11,18H2. The quantitative estimate of drug-likeness (QED) is 0.915. The average molecular weight is 256 g/mol. The zero-order valence-corrected chi connectivity index (χ0v) is 10.8. The number of halogens is 1. The molecular formula is C16H17FN2. The van der Waals surface area contributed by atoms with Gasteiger partial charge in [-0.05, 0) is 29.7 Å². The van der Waals surface area contributed by atoms with Crippen LogP contribution >= 0.6 is 0 Å². The summed E-state index contributed by atoms with van der Waals surface area (Å²) in [7, 11) is 0. The van der Waals surface area contributed by atoms with Gasteiger partial charge in [0.05, 0.1) is 0 Å². The largest absolute Gasteiger partial charge is 0.367 e. The third-order valence-electron chi connectivity index (χ3n) is 3.70. The van der Waals surface area contributed by atoms with E-state index in [0.29, 0.717) is 13.1 Å². The smallest absolute Gasteiger partial charge is 0.128 e. The topological polar surface area (TPSA) is 29.3 Å². The summed E-state index contributed by atoms with van der Waals surface area (Å²) >= 11 is 0. The number of rotatable bonds is 3. The highest BCUT2D eigenvalue weighted by Gasteiger charge is 2.19. The van der Waals surface area contributed by atoms with Crippen molar-refractivity contribution in [1.82, 2.24) is 0 Å². The molecule has 2 aromatic rings. The SMILES string of the molecule is NCc1ccc(CN2CCc3ccccc32)c(F)c1. The molecular weight excluding hydrogens is 239 g/mol. The van der Waals surface area contributed by atoms with Crippen LogP contribution in [0.1, 0.15) is 16.7 Å². The van der Waals surface area contributed by atoms with Gasteiger partial charge in [-0.1, -0.05) is 30.3 Å². The van der Waals surface area contributed by atoms with E-state index in [2.05, 4.69) is 23.1 Å². The minimum absolute atomic E-state index is 0.160. The number of benzene rings is 2. The van der Waals surface area contributed by atoms with Gasteiger partial charge in [0.25, 0.3) is 0 Å². The first-order chi connectivity index (χ1) is 9.28. The second-order valence-corrected chi connectivity index (χ2v) is 4.93. The van der Waals surface area contributed by atoms with E-state index in [-0.39, 0.29) is 5.82 Å². The molecule has 0 amide bonds. The van der Waals surface area contributed by atoms with E-state index in [9.17, 15) is 4.39 Å². The molecule has 1 aliphatic rings. The Kier molecular flexibility index (Phi) is 3.22. The second-order valence-electron chi connectivity index (χ2n) is 4.93. The summed E-state index contributed by atoms with van der Waals surface area (Å²) in [4.78, 5) is 2.23. The minimum atomic E-state index is -0.160. The van der Waals surface area contributed by atoms with E-state index in [0.717, 1.165) is 24.1 Å². The zero-order chi connectivity index (χ0) is 13.2. The Labute approximate surface area is 112 Å². The molecule has 0 saturated carbocycles. The monoisotopic (exact) mass is 256 g/mol. The van der Waals surface area contributed by atoms with Crippen molar-refractivity contribution in [2.24, 2.45) is 5.73 Å². The van der Waals surface area contributed by atoms with Crippen LogP contribution in [0.4, 0.5) is 10.1 Å². The molecule has 2 N–H and O–H groups in total. The van der Waals surface area contributed by atoms with Crippen LogP contribution in [0, 0.1) is 5.82 Å². The third kappa shape index (κ3) is 2.34. The van der Waals surface area contributed by atoms with Gasteiger partial charge in [-0.3, -0.25) is 0 Å². The van der Waals surface area contributed by atoms with Crippen molar-refractivity contribution >= 4 is 5.69 Å². The Morgan fingerprint density at radius 1 is 1.16 bits per heavy atom. The molecule has 2 nitrogen and oxygen atoms in total. The van der Waals surface area contributed by atoms with Crippen molar-refractivity contribution in [3.63, 3.8) is 0 Å².